The molecule has 3 N–H and O–H groups in total. The monoisotopic (exact) mass is 396 g/mol. The number of aromatic amines is 1. The number of halogens is 1. The van der Waals surface area contributed by atoms with Crippen LogP contribution in [0.4, 0.5) is 9.18 Å². The highest BCUT2D eigenvalue weighted by molar-refractivity contribution is 5.93. The van der Waals surface area contributed by atoms with Gasteiger partial charge in [-0.05, 0) is 31.0 Å². The van der Waals surface area contributed by atoms with Gasteiger partial charge in [0, 0.05) is 18.6 Å². The average molecular weight is 396 g/mol. The zero-order chi connectivity index (χ0) is 20.2. The van der Waals surface area contributed by atoms with E-state index in [2.05, 4.69) is 25.4 Å². The smallest absolute Gasteiger partial charge is 0.406 e. The number of nitrogens with one attached hydrogen (secondary N) is 2. The number of aryl methyl sites for hydroxylation is 1. The van der Waals surface area contributed by atoms with Crippen molar-refractivity contribution in [2.45, 2.75) is 18.4 Å². The molecule has 0 saturated heterocycles. The third-order valence-electron chi connectivity index (χ3n) is 5.13. The molecule has 0 bridgehead atoms. The van der Waals surface area contributed by atoms with Crippen molar-refractivity contribution in [1.29, 1.82) is 0 Å². The second-order valence-corrected chi connectivity index (χ2v) is 7.19. The van der Waals surface area contributed by atoms with Gasteiger partial charge >= 0.3 is 6.09 Å². The molecule has 4 aromatic rings. The van der Waals surface area contributed by atoms with Gasteiger partial charge in [-0.1, -0.05) is 0 Å². The molecule has 1 fully saturated rings. The summed E-state index contributed by atoms with van der Waals surface area (Å²) in [5.74, 6) is -0.135. The summed E-state index contributed by atoms with van der Waals surface area (Å²) in [6.45, 7) is -0.132. The Morgan fingerprint density at radius 2 is 2.28 bits per heavy atom. The molecule has 29 heavy (non-hydrogen) atoms. The van der Waals surface area contributed by atoms with Crippen LogP contribution in [0.15, 0.2) is 30.6 Å². The molecule has 1 aliphatic carbocycles. The van der Waals surface area contributed by atoms with E-state index in [1.807, 2.05) is 0 Å². The lowest BCUT2D eigenvalue weighted by Crippen LogP contribution is -2.41. The number of ether oxygens (including phenoxy) is 1. The Balaban J connectivity index is 1.51. The van der Waals surface area contributed by atoms with Gasteiger partial charge < -0.3 is 20.1 Å². The van der Waals surface area contributed by atoms with E-state index in [4.69, 9.17) is 4.74 Å². The van der Waals surface area contributed by atoms with Crippen LogP contribution in [0.2, 0.25) is 0 Å². The number of aliphatic hydroxyl groups excluding tert-OH is 1. The van der Waals surface area contributed by atoms with E-state index >= 15 is 0 Å². The first-order valence-electron chi connectivity index (χ1n) is 9.06. The minimum absolute atomic E-state index is 0.132. The molecule has 5 rings (SSSR count). The zero-order valence-corrected chi connectivity index (χ0v) is 15.4. The Labute approximate surface area is 163 Å². The van der Waals surface area contributed by atoms with Crippen LogP contribution in [0.3, 0.4) is 0 Å². The number of carbonyl (C=O) groups excluding carboxylic acids is 1. The van der Waals surface area contributed by atoms with E-state index in [0.717, 1.165) is 5.39 Å². The summed E-state index contributed by atoms with van der Waals surface area (Å²) in [7, 11) is 1.72. The number of hydrogen-bond donors (Lipinski definition) is 3. The van der Waals surface area contributed by atoms with Gasteiger partial charge in [-0.25, -0.2) is 19.2 Å². The van der Waals surface area contributed by atoms with Crippen LogP contribution in [0.5, 0.6) is 5.75 Å². The normalized spacial score (nSPS) is 15.0. The minimum atomic E-state index is -0.664. The Hall–Kier alpha value is -3.53. The molecule has 1 aliphatic rings. The highest BCUT2D eigenvalue weighted by Crippen LogP contribution is 2.35. The van der Waals surface area contributed by atoms with Crippen molar-refractivity contribution in [3.05, 3.63) is 36.4 Å². The van der Waals surface area contributed by atoms with Gasteiger partial charge in [-0.15, -0.1) is 0 Å². The number of amides is 1. The number of benzene rings is 1. The fourth-order valence-corrected chi connectivity index (χ4v) is 3.30. The Morgan fingerprint density at radius 3 is 3.03 bits per heavy atom. The van der Waals surface area contributed by atoms with Gasteiger partial charge in [-0.3, -0.25) is 4.68 Å². The van der Waals surface area contributed by atoms with E-state index in [1.165, 1.54) is 18.3 Å². The Kier molecular flexibility index (Phi) is 3.78. The van der Waals surface area contributed by atoms with Gasteiger partial charge in [0.25, 0.3) is 0 Å². The molecule has 0 spiro atoms. The lowest BCUT2D eigenvalue weighted by atomic mass is 10.1. The molecule has 148 valence electrons. The van der Waals surface area contributed by atoms with E-state index < -0.39 is 11.6 Å². The van der Waals surface area contributed by atoms with Gasteiger partial charge in [0.2, 0.25) is 0 Å². The van der Waals surface area contributed by atoms with Crippen molar-refractivity contribution in [2.24, 2.45) is 7.05 Å². The molecule has 3 aromatic heterocycles. The van der Waals surface area contributed by atoms with Crippen LogP contribution in [-0.2, 0) is 7.05 Å². The van der Waals surface area contributed by atoms with Crippen LogP contribution >= 0.6 is 0 Å². The summed E-state index contributed by atoms with van der Waals surface area (Å²) in [4.78, 5) is 24.0. The molecule has 0 unspecified atom stereocenters. The third kappa shape index (κ3) is 2.97. The molecule has 1 amide bonds. The fourth-order valence-electron chi connectivity index (χ4n) is 3.30. The van der Waals surface area contributed by atoms with Crippen LogP contribution in [-0.4, -0.2) is 48.1 Å². The first kappa shape index (κ1) is 17.6. The van der Waals surface area contributed by atoms with Crippen LogP contribution < -0.4 is 10.1 Å². The van der Waals surface area contributed by atoms with Crippen LogP contribution in [0.25, 0.3) is 33.5 Å². The lowest BCUT2D eigenvalue weighted by Gasteiger charge is -2.13. The summed E-state index contributed by atoms with van der Waals surface area (Å²) in [6.07, 6.45) is 3.81. The van der Waals surface area contributed by atoms with Gasteiger partial charge in [-0.2, -0.15) is 5.10 Å². The van der Waals surface area contributed by atoms with E-state index in [0.29, 0.717) is 40.9 Å². The van der Waals surface area contributed by atoms with Crippen molar-refractivity contribution < 1.29 is 19.0 Å². The van der Waals surface area contributed by atoms with Gasteiger partial charge in [0.1, 0.15) is 17.2 Å². The lowest BCUT2D eigenvalue weighted by molar-refractivity contribution is 0.179. The third-order valence-corrected chi connectivity index (χ3v) is 5.13. The molecular formula is C19H17FN6O3. The number of fused-ring (bicyclic) bond motifs is 2. The number of carbonyl (C=O) groups is 1. The SMILES string of the molecule is Cn1nc(-c2cnc3[nH]cc(OC(=O)NC4(CO)CC4)c3n2)c2ccc(F)cc21. The second kappa shape index (κ2) is 6.24. The highest BCUT2D eigenvalue weighted by Gasteiger charge is 2.44. The topological polar surface area (TPSA) is 118 Å². The first-order chi connectivity index (χ1) is 14.0. The maximum absolute atomic E-state index is 13.6. The van der Waals surface area contributed by atoms with Crippen LogP contribution in [0, 0.1) is 5.82 Å². The van der Waals surface area contributed by atoms with Crippen molar-refractivity contribution in [3.8, 4) is 17.1 Å². The second-order valence-electron chi connectivity index (χ2n) is 7.19. The maximum atomic E-state index is 13.6. The molecular weight excluding hydrogens is 379 g/mol. The largest absolute Gasteiger partial charge is 0.413 e. The quantitative estimate of drug-likeness (QED) is 0.487. The van der Waals surface area contributed by atoms with Gasteiger partial charge in [0.15, 0.2) is 16.9 Å². The van der Waals surface area contributed by atoms with Crippen molar-refractivity contribution in [1.82, 2.24) is 30.0 Å². The number of aliphatic hydroxyl groups is 1. The summed E-state index contributed by atoms with van der Waals surface area (Å²) in [5.41, 5.74) is 1.88. The van der Waals surface area contributed by atoms with Gasteiger partial charge in [0.05, 0.1) is 23.9 Å². The zero-order valence-electron chi connectivity index (χ0n) is 15.4. The number of hydrogen-bond acceptors (Lipinski definition) is 6. The summed E-state index contributed by atoms with van der Waals surface area (Å²) in [6, 6.07) is 4.41. The van der Waals surface area contributed by atoms with E-state index in [9.17, 15) is 14.3 Å². The highest BCUT2D eigenvalue weighted by atomic mass is 19.1. The molecule has 1 aromatic carbocycles. The Morgan fingerprint density at radius 1 is 1.45 bits per heavy atom. The molecule has 3 heterocycles. The van der Waals surface area contributed by atoms with E-state index in [1.54, 1.807) is 24.0 Å². The fraction of sp³-hybridized carbons (Fsp3) is 0.263. The maximum Gasteiger partial charge on any atom is 0.413 e. The summed E-state index contributed by atoms with van der Waals surface area (Å²) in [5, 5.41) is 17.2. The standard InChI is InChI=1S/C19H17FN6O3/c1-26-13-6-10(20)2-3-11(13)15(25-26)12-7-21-17-16(23-12)14(8-22-17)29-18(28)24-19(9-27)4-5-19/h2-3,6-8,27H,4-5,9H2,1H3,(H,21,22)(H,24,28). The molecule has 0 aliphatic heterocycles. The Bertz CT molecular complexity index is 1260. The van der Waals surface area contributed by atoms with E-state index in [-0.39, 0.29) is 18.2 Å². The number of nitrogens with zero attached hydrogens (tertiary/aromatic N) is 4. The average Bonchev–Trinajstić information content (AvgIpc) is 3.26. The van der Waals surface area contributed by atoms with Crippen molar-refractivity contribution in [2.75, 3.05) is 6.61 Å². The number of aromatic nitrogens is 5. The van der Waals surface area contributed by atoms with Crippen molar-refractivity contribution in [3.63, 3.8) is 0 Å². The first-order valence-corrected chi connectivity index (χ1v) is 9.06. The summed E-state index contributed by atoms with van der Waals surface area (Å²) >= 11 is 0. The minimum Gasteiger partial charge on any atom is -0.406 e. The molecule has 10 heteroatoms. The van der Waals surface area contributed by atoms with Crippen molar-refractivity contribution >= 4 is 28.2 Å². The predicted molar refractivity (Wildman–Crippen MR) is 102 cm³/mol. The molecule has 1 saturated carbocycles. The molecule has 9 nitrogen and oxygen atoms in total. The predicted octanol–water partition coefficient (Wildman–Crippen LogP) is 2.26. The van der Waals surface area contributed by atoms with Crippen LogP contribution in [0.1, 0.15) is 12.8 Å². The number of rotatable bonds is 4. The number of H-pyrrole nitrogens is 1. The summed E-state index contributed by atoms with van der Waals surface area (Å²) < 4.78 is 20.5. The molecule has 0 atom stereocenters. The molecule has 0 radical (unpaired) electrons.